The van der Waals surface area contributed by atoms with Gasteiger partial charge in [0.1, 0.15) is 5.75 Å². The molecule has 0 N–H and O–H groups in total. The number of carbonyl (C=O) groups excluding carboxylic acids is 1. The van der Waals surface area contributed by atoms with Crippen LogP contribution in [-0.4, -0.2) is 49.0 Å². The Balaban J connectivity index is 1.55. The molecule has 0 bridgehead atoms. The summed E-state index contributed by atoms with van der Waals surface area (Å²) in [7, 11) is 1.61. The third-order valence-electron chi connectivity index (χ3n) is 4.53. The van der Waals surface area contributed by atoms with Crippen molar-refractivity contribution in [1.82, 2.24) is 4.90 Å². The number of non-ortho nitro benzene ring substituents is 1. The number of nitro groups is 1. The maximum atomic E-state index is 12.4. The Bertz CT molecular complexity index is 841. The van der Waals surface area contributed by atoms with Gasteiger partial charge in [0.2, 0.25) is 5.91 Å². The Morgan fingerprint density at radius 3 is 2.44 bits per heavy atom. The molecule has 7 nitrogen and oxygen atoms in total. The van der Waals surface area contributed by atoms with Crippen LogP contribution in [0.3, 0.4) is 0 Å². The van der Waals surface area contributed by atoms with Gasteiger partial charge in [0.05, 0.1) is 12.0 Å². The number of amides is 1. The molecule has 1 aliphatic rings. The zero-order valence-electron chi connectivity index (χ0n) is 15.1. The van der Waals surface area contributed by atoms with Crippen molar-refractivity contribution in [3.05, 3.63) is 70.3 Å². The smallest absolute Gasteiger partial charge is 0.269 e. The van der Waals surface area contributed by atoms with Crippen LogP contribution in [0.2, 0.25) is 0 Å². The molecule has 3 rings (SSSR count). The SMILES string of the molecule is COc1cccc(/C=C/C(=O)N2CCN(c3ccc([N+](=O)[O-])cc3)CC2)c1. The van der Waals surface area contributed by atoms with E-state index in [9.17, 15) is 14.9 Å². The van der Waals surface area contributed by atoms with E-state index in [2.05, 4.69) is 4.90 Å². The van der Waals surface area contributed by atoms with E-state index >= 15 is 0 Å². The molecule has 0 unspecified atom stereocenters. The van der Waals surface area contributed by atoms with Gasteiger partial charge >= 0.3 is 0 Å². The van der Waals surface area contributed by atoms with E-state index in [1.807, 2.05) is 24.3 Å². The second kappa shape index (κ2) is 8.35. The molecule has 0 saturated carbocycles. The summed E-state index contributed by atoms with van der Waals surface area (Å²) in [4.78, 5) is 26.7. The molecule has 27 heavy (non-hydrogen) atoms. The molecule has 1 aliphatic heterocycles. The summed E-state index contributed by atoms with van der Waals surface area (Å²) in [5, 5.41) is 10.7. The van der Waals surface area contributed by atoms with Gasteiger partial charge < -0.3 is 14.5 Å². The van der Waals surface area contributed by atoms with Gasteiger partial charge in [-0.05, 0) is 35.9 Å². The van der Waals surface area contributed by atoms with Crippen LogP contribution in [0, 0.1) is 10.1 Å². The maximum Gasteiger partial charge on any atom is 0.269 e. The molecule has 2 aromatic rings. The van der Waals surface area contributed by atoms with Crippen LogP contribution in [0.4, 0.5) is 11.4 Å². The first-order valence-electron chi connectivity index (χ1n) is 8.67. The van der Waals surface area contributed by atoms with E-state index < -0.39 is 4.92 Å². The Morgan fingerprint density at radius 2 is 1.81 bits per heavy atom. The number of piperazine rings is 1. The van der Waals surface area contributed by atoms with Gasteiger partial charge in [-0.2, -0.15) is 0 Å². The molecule has 0 spiro atoms. The highest BCUT2D eigenvalue weighted by molar-refractivity contribution is 5.92. The summed E-state index contributed by atoms with van der Waals surface area (Å²) in [6.07, 6.45) is 3.36. The average molecular weight is 367 g/mol. The van der Waals surface area contributed by atoms with Gasteiger partial charge in [-0.3, -0.25) is 14.9 Å². The number of anilines is 1. The number of benzene rings is 2. The lowest BCUT2D eigenvalue weighted by Gasteiger charge is -2.35. The number of rotatable bonds is 5. The van der Waals surface area contributed by atoms with Gasteiger partial charge in [0.25, 0.3) is 5.69 Å². The van der Waals surface area contributed by atoms with Crippen molar-refractivity contribution in [2.24, 2.45) is 0 Å². The van der Waals surface area contributed by atoms with Crippen molar-refractivity contribution >= 4 is 23.4 Å². The first-order chi connectivity index (χ1) is 13.1. The second-order valence-corrected chi connectivity index (χ2v) is 6.20. The molecule has 2 aromatic carbocycles. The maximum absolute atomic E-state index is 12.4. The van der Waals surface area contributed by atoms with Crippen LogP contribution in [0.5, 0.6) is 5.75 Å². The molecular weight excluding hydrogens is 346 g/mol. The number of hydrogen-bond donors (Lipinski definition) is 0. The minimum Gasteiger partial charge on any atom is -0.497 e. The van der Waals surface area contributed by atoms with Gasteiger partial charge in [-0.15, -0.1) is 0 Å². The third kappa shape index (κ3) is 4.63. The largest absolute Gasteiger partial charge is 0.497 e. The second-order valence-electron chi connectivity index (χ2n) is 6.20. The fourth-order valence-corrected chi connectivity index (χ4v) is 2.99. The van der Waals surface area contributed by atoms with Gasteiger partial charge in [-0.1, -0.05) is 12.1 Å². The highest BCUT2D eigenvalue weighted by Crippen LogP contribution is 2.21. The number of methoxy groups -OCH3 is 1. The van der Waals surface area contributed by atoms with Gasteiger partial charge in [-0.25, -0.2) is 0 Å². The number of ether oxygens (including phenoxy) is 1. The molecule has 1 fully saturated rings. The summed E-state index contributed by atoms with van der Waals surface area (Å²) in [6, 6.07) is 14.0. The summed E-state index contributed by atoms with van der Waals surface area (Å²) in [5.74, 6) is 0.725. The molecule has 0 atom stereocenters. The molecule has 1 saturated heterocycles. The summed E-state index contributed by atoms with van der Waals surface area (Å²) < 4.78 is 5.18. The lowest BCUT2D eigenvalue weighted by atomic mass is 10.2. The molecule has 1 heterocycles. The highest BCUT2D eigenvalue weighted by atomic mass is 16.6. The van der Waals surface area contributed by atoms with E-state index in [-0.39, 0.29) is 11.6 Å². The number of nitrogens with zero attached hydrogens (tertiary/aromatic N) is 3. The highest BCUT2D eigenvalue weighted by Gasteiger charge is 2.20. The van der Waals surface area contributed by atoms with Crippen LogP contribution < -0.4 is 9.64 Å². The standard InChI is InChI=1S/C20H21N3O4/c1-27-19-4-2-3-16(15-19)5-10-20(24)22-13-11-21(12-14-22)17-6-8-18(9-7-17)23(25)26/h2-10,15H,11-14H2,1H3/b10-5+. The van der Waals surface area contributed by atoms with Crippen LogP contribution in [0.25, 0.3) is 6.08 Å². The molecule has 0 aliphatic carbocycles. The quantitative estimate of drug-likeness (QED) is 0.461. The zero-order chi connectivity index (χ0) is 19.2. The van der Waals surface area contributed by atoms with Crippen LogP contribution in [0.1, 0.15) is 5.56 Å². The van der Waals surface area contributed by atoms with Crippen molar-refractivity contribution in [3.8, 4) is 5.75 Å². The molecular formula is C20H21N3O4. The summed E-state index contributed by atoms with van der Waals surface area (Å²) in [5.41, 5.74) is 1.92. The van der Waals surface area contributed by atoms with E-state index in [4.69, 9.17) is 4.74 Å². The Morgan fingerprint density at radius 1 is 1.11 bits per heavy atom. The van der Waals surface area contributed by atoms with Crippen molar-refractivity contribution in [3.63, 3.8) is 0 Å². The Hall–Kier alpha value is -3.35. The molecule has 140 valence electrons. The van der Waals surface area contributed by atoms with Crippen LogP contribution in [0.15, 0.2) is 54.6 Å². The lowest BCUT2D eigenvalue weighted by molar-refractivity contribution is -0.384. The lowest BCUT2D eigenvalue weighted by Crippen LogP contribution is -2.48. The molecule has 0 radical (unpaired) electrons. The van der Waals surface area contributed by atoms with E-state index in [1.54, 1.807) is 36.3 Å². The topological polar surface area (TPSA) is 75.9 Å². The Labute approximate surface area is 157 Å². The number of carbonyl (C=O) groups is 1. The van der Waals surface area contributed by atoms with Crippen molar-refractivity contribution < 1.29 is 14.5 Å². The fourth-order valence-electron chi connectivity index (χ4n) is 2.99. The minimum absolute atomic E-state index is 0.0267. The molecule has 7 heteroatoms. The first-order valence-corrected chi connectivity index (χ1v) is 8.67. The fraction of sp³-hybridized carbons (Fsp3) is 0.250. The van der Waals surface area contributed by atoms with Gasteiger partial charge in [0, 0.05) is 50.1 Å². The van der Waals surface area contributed by atoms with Gasteiger partial charge in [0.15, 0.2) is 0 Å². The minimum atomic E-state index is -0.408. The molecule has 1 amide bonds. The monoisotopic (exact) mass is 367 g/mol. The number of nitro benzene ring substituents is 1. The zero-order valence-corrected chi connectivity index (χ0v) is 15.1. The van der Waals surface area contributed by atoms with Crippen LogP contribution >= 0.6 is 0 Å². The predicted octanol–water partition coefficient (Wildman–Crippen LogP) is 2.97. The summed E-state index contributed by atoms with van der Waals surface area (Å²) >= 11 is 0. The van der Waals surface area contributed by atoms with Crippen molar-refractivity contribution in [2.75, 3.05) is 38.2 Å². The van der Waals surface area contributed by atoms with Crippen molar-refractivity contribution in [1.29, 1.82) is 0 Å². The number of hydrogen-bond acceptors (Lipinski definition) is 5. The normalized spacial score (nSPS) is 14.4. The van der Waals surface area contributed by atoms with E-state index in [0.717, 1.165) is 17.0 Å². The summed E-state index contributed by atoms with van der Waals surface area (Å²) in [6.45, 7) is 2.60. The van der Waals surface area contributed by atoms with E-state index in [0.29, 0.717) is 26.2 Å². The van der Waals surface area contributed by atoms with Crippen molar-refractivity contribution in [2.45, 2.75) is 0 Å². The van der Waals surface area contributed by atoms with E-state index in [1.165, 1.54) is 12.1 Å². The average Bonchev–Trinajstić information content (AvgIpc) is 2.72. The molecule has 0 aromatic heterocycles. The van der Waals surface area contributed by atoms with Crippen LogP contribution in [-0.2, 0) is 4.79 Å². The third-order valence-corrected chi connectivity index (χ3v) is 4.53. The predicted molar refractivity (Wildman–Crippen MR) is 104 cm³/mol. The first kappa shape index (κ1) is 18.4. The Kier molecular flexibility index (Phi) is 5.71.